The first-order chi connectivity index (χ1) is 30.8. The van der Waals surface area contributed by atoms with Gasteiger partial charge in [0.25, 0.3) is 0 Å². The summed E-state index contributed by atoms with van der Waals surface area (Å²) in [6, 6.07) is 0.557. The number of aliphatic hydroxyl groups excluding tert-OH is 2. The number of ether oxygens (including phenoxy) is 3. The number of hydrogen-bond donors (Lipinski definition) is 4. The number of carbonyl (C=O) groups is 2. The van der Waals surface area contributed by atoms with Crippen LogP contribution in [-0.2, 0) is 27.9 Å². The largest absolute Gasteiger partial charge is 0.457 e. The Balaban J connectivity index is 1.54. The van der Waals surface area contributed by atoms with Crippen LogP contribution >= 0.6 is 0 Å². The van der Waals surface area contributed by atoms with Crippen molar-refractivity contribution in [2.24, 2.45) is 11.8 Å². The van der Waals surface area contributed by atoms with Crippen LogP contribution in [0.3, 0.4) is 0 Å². The number of amides is 1. The van der Waals surface area contributed by atoms with Gasteiger partial charge in [-0.1, -0.05) is 100 Å². The molecule has 12 atom stereocenters. The van der Waals surface area contributed by atoms with Crippen molar-refractivity contribution in [3.63, 3.8) is 0 Å². The van der Waals surface area contributed by atoms with Crippen molar-refractivity contribution >= 4 is 28.7 Å². The summed E-state index contributed by atoms with van der Waals surface area (Å²) in [6.07, 6.45) is 7.19. The maximum Gasteiger partial charge on any atom is 0.410 e. The van der Waals surface area contributed by atoms with Crippen molar-refractivity contribution in [2.45, 2.75) is 256 Å². The molecule has 2 saturated heterocycles. The number of epoxide rings is 1. The highest BCUT2D eigenvalue weighted by Gasteiger charge is 2.52. The van der Waals surface area contributed by atoms with Gasteiger partial charge in [-0.15, -0.1) is 0 Å². The van der Waals surface area contributed by atoms with E-state index in [0.29, 0.717) is 31.1 Å². The third kappa shape index (κ3) is 15.9. The van der Waals surface area contributed by atoms with Crippen LogP contribution in [0.2, 0.25) is 36.3 Å². The van der Waals surface area contributed by atoms with Crippen LogP contribution in [0.4, 0.5) is 4.79 Å². The van der Waals surface area contributed by atoms with Crippen LogP contribution in [0.5, 0.6) is 0 Å². The van der Waals surface area contributed by atoms with E-state index < -0.39 is 76.3 Å². The van der Waals surface area contributed by atoms with Gasteiger partial charge in [0.05, 0.1) is 30.3 Å². The molecule has 3 aliphatic heterocycles. The molecule has 2 unspecified atom stereocenters. The highest BCUT2D eigenvalue weighted by atomic mass is 28.4. The fourth-order valence-corrected chi connectivity index (χ4v) is 12.6. The highest BCUT2D eigenvalue weighted by molar-refractivity contribution is 6.74. The van der Waals surface area contributed by atoms with Gasteiger partial charge in [-0.25, -0.2) is 4.79 Å². The molecule has 4 rings (SSSR count). The lowest BCUT2D eigenvalue weighted by Gasteiger charge is -2.41. The Morgan fingerprint density at radius 2 is 1.52 bits per heavy atom. The van der Waals surface area contributed by atoms with Gasteiger partial charge in [-0.2, -0.15) is 0 Å². The molecule has 67 heavy (non-hydrogen) atoms. The monoisotopic (exact) mass is 981 g/mol. The zero-order valence-electron chi connectivity index (χ0n) is 44.7. The summed E-state index contributed by atoms with van der Waals surface area (Å²) >= 11 is 0. The average molecular weight is 982 g/mol. The molecule has 13 nitrogen and oxygen atoms in total. The lowest BCUT2D eigenvalue weighted by atomic mass is 9.85. The molecule has 3 fully saturated rings. The van der Waals surface area contributed by atoms with E-state index in [0.717, 1.165) is 19.5 Å². The Morgan fingerprint density at radius 1 is 0.940 bits per heavy atom. The number of aliphatic hydroxyl groups is 4. The van der Waals surface area contributed by atoms with E-state index in [9.17, 15) is 30.0 Å². The maximum atomic E-state index is 13.9. The second kappa shape index (κ2) is 23.3. The molecule has 0 radical (unpaired) electrons. The molecule has 388 valence electrons. The Labute approximate surface area is 408 Å². The molecule has 4 aliphatic rings. The molecule has 1 saturated carbocycles. The number of carbonyl (C=O) groups excluding carboxylic acids is 2. The van der Waals surface area contributed by atoms with Crippen LogP contribution in [0.25, 0.3) is 0 Å². The third-order valence-electron chi connectivity index (χ3n) is 16.6. The van der Waals surface area contributed by atoms with E-state index in [1.165, 1.54) is 51.5 Å². The molecular formula is C52H96N2O11Si2. The van der Waals surface area contributed by atoms with E-state index in [1.54, 1.807) is 30.9 Å². The smallest absolute Gasteiger partial charge is 0.410 e. The molecule has 1 aliphatic carbocycles. The highest BCUT2D eigenvalue weighted by Crippen LogP contribution is 2.44. The van der Waals surface area contributed by atoms with Crippen LogP contribution in [0.1, 0.15) is 154 Å². The van der Waals surface area contributed by atoms with Crippen molar-refractivity contribution < 1.29 is 53.1 Å². The second-order valence-electron chi connectivity index (χ2n) is 24.5. The number of piperazine rings is 1. The number of nitrogens with zero attached hydrogens (tertiary/aromatic N) is 2. The van der Waals surface area contributed by atoms with E-state index in [-0.39, 0.29) is 53.6 Å². The van der Waals surface area contributed by atoms with Gasteiger partial charge in [-0.05, 0) is 101 Å². The van der Waals surface area contributed by atoms with Crippen molar-refractivity contribution in [1.29, 1.82) is 0 Å². The topological polar surface area (TPSA) is 171 Å². The fraction of sp³-hybridized carbons (Fsp3) is 0.885. The minimum Gasteiger partial charge on any atom is -0.457 e. The van der Waals surface area contributed by atoms with Gasteiger partial charge >= 0.3 is 12.1 Å². The predicted molar refractivity (Wildman–Crippen MR) is 271 cm³/mol. The van der Waals surface area contributed by atoms with Gasteiger partial charge in [0.2, 0.25) is 0 Å². The molecular weight excluding hydrogens is 885 g/mol. The van der Waals surface area contributed by atoms with Gasteiger partial charge in [0.15, 0.2) is 22.7 Å². The summed E-state index contributed by atoms with van der Waals surface area (Å²) in [5, 5.41) is 46.8. The third-order valence-corrected chi connectivity index (χ3v) is 25.6. The minimum atomic E-state index is -2.40. The molecule has 3 heterocycles. The number of cyclic esters (lactones) is 1. The summed E-state index contributed by atoms with van der Waals surface area (Å²) < 4.78 is 32.2. The zero-order chi connectivity index (χ0) is 50.5. The Kier molecular flexibility index (Phi) is 20.1. The first-order valence-electron chi connectivity index (χ1n) is 25.9. The molecule has 0 aromatic rings. The molecule has 0 spiro atoms. The Hall–Kier alpha value is -1.67. The van der Waals surface area contributed by atoms with Crippen LogP contribution in [-0.4, -0.2) is 151 Å². The first-order valence-corrected chi connectivity index (χ1v) is 31.7. The quantitative estimate of drug-likeness (QED) is 0.0404. The number of rotatable bonds is 15. The maximum absolute atomic E-state index is 13.9. The second-order valence-corrected chi connectivity index (χ2v) is 34.0. The summed E-state index contributed by atoms with van der Waals surface area (Å²) in [4.78, 5) is 32.1. The van der Waals surface area contributed by atoms with Gasteiger partial charge < -0.3 is 48.4 Å². The predicted octanol–water partition coefficient (Wildman–Crippen LogP) is 9.27. The molecule has 0 aromatic carbocycles. The molecule has 1 amide bonds. The standard InChI is InChI=1S/C52H96N2O11Si2/c1-17-41(65-67(15,16)50(8,9)10)37(4)46-42(61-46)34-52(12,60)47(57)40(55)32-36(3)45-35(2)24-25-43(62-48(58)54-30-28-53(29-31-54)38-22-20-18-19-21-23-38)51(11,59)27-26-39(33-44(56)63-45)64-66(13,14)49(5,6)7/h24-25,32,35,37-43,45-47,55,57,59-60H,17-23,26-31,33-34H2,1-16H3/t35-,37+,39+,40?,41-,42+,43-,45-,46+,47?,51+,52+/m0/s1. The lowest BCUT2D eigenvalue weighted by Crippen LogP contribution is -2.53. The van der Waals surface area contributed by atoms with E-state index in [2.05, 4.69) is 86.5 Å². The van der Waals surface area contributed by atoms with Crippen molar-refractivity contribution in [3.05, 3.63) is 23.8 Å². The van der Waals surface area contributed by atoms with Crippen LogP contribution in [0.15, 0.2) is 23.8 Å². The van der Waals surface area contributed by atoms with Gasteiger partial charge in [0, 0.05) is 56.6 Å². The molecule has 0 aromatic heterocycles. The molecule has 4 N–H and O–H groups in total. The Morgan fingerprint density at radius 3 is 2.07 bits per heavy atom. The van der Waals surface area contributed by atoms with E-state index >= 15 is 0 Å². The Bertz CT molecular complexity index is 1660. The SMILES string of the molecule is CC[C@H](O[Si](C)(C)C(C)(C)C)[C@@H](C)[C@H]1O[C@@H]1C[C@@](C)(O)C(O)C(O)C=C(C)[C@H]1OC(=O)C[C@H](O[Si](C)(C)C(C)(C)C)CC[C@@](C)(O)[C@@H](OC(=O)N2CCN(C3CCCCCC3)CC2)C=C[C@@H]1C. The number of hydrogen-bond acceptors (Lipinski definition) is 12. The van der Waals surface area contributed by atoms with Gasteiger partial charge in [-0.3, -0.25) is 9.69 Å². The molecule has 15 heteroatoms. The minimum absolute atomic E-state index is 0.00875. The average Bonchev–Trinajstić information content (AvgIpc) is 4.03. The fourth-order valence-electron chi connectivity index (χ4n) is 9.67. The van der Waals surface area contributed by atoms with Crippen molar-refractivity contribution in [3.8, 4) is 0 Å². The zero-order valence-corrected chi connectivity index (χ0v) is 46.7. The first kappa shape index (κ1) is 57.9. The van der Waals surface area contributed by atoms with Crippen molar-refractivity contribution in [1.82, 2.24) is 9.80 Å². The van der Waals surface area contributed by atoms with Crippen LogP contribution in [0, 0.1) is 11.8 Å². The summed E-state index contributed by atoms with van der Waals surface area (Å²) in [5.41, 5.74) is -2.76. The normalized spacial score (nSPS) is 31.3. The number of esters is 1. The van der Waals surface area contributed by atoms with Crippen molar-refractivity contribution in [2.75, 3.05) is 26.2 Å². The summed E-state index contributed by atoms with van der Waals surface area (Å²) in [5.74, 6) is -0.949. The lowest BCUT2D eigenvalue weighted by molar-refractivity contribution is -0.151. The van der Waals surface area contributed by atoms with E-state index in [4.69, 9.17) is 23.1 Å². The van der Waals surface area contributed by atoms with Crippen LogP contribution < -0.4 is 0 Å². The summed E-state index contributed by atoms with van der Waals surface area (Å²) in [7, 11) is -4.44. The van der Waals surface area contributed by atoms with Gasteiger partial charge in [0.1, 0.15) is 23.9 Å². The van der Waals surface area contributed by atoms with E-state index in [1.807, 2.05) is 6.92 Å². The summed E-state index contributed by atoms with van der Waals surface area (Å²) in [6.45, 7) is 35.5. The molecule has 0 bridgehead atoms.